The van der Waals surface area contributed by atoms with Crippen LogP contribution in [-0.4, -0.2) is 31.7 Å². The van der Waals surface area contributed by atoms with E-state index in [-0.39, 0.29) is 24.0 Å². The van der Waals surface area contributed by atoms with E-state index in [2.05, 4.69) is 32.7 Å². The highest BCUT2D eigenvalue weighted by Crippen LogP contribution is 2.17. The summed E-state index contributed by atoms with van der Waals surface area (Å²) in [5.74, 6) is 2.59. The summed E-state index contributed by atoms with van der Waals surface area (Å²) >= 11 is 1.71. The van der Waals surface area contributed by atoms with Gasteiger partial charge in [-0.25, -0.2) is 9.98 Å². The second-order valence-corrected chi connectivity index (χ2v) is 7.55. The number of aliphatic imine (C=N–C) groups is 1. The van der Waals surface area contributed by atoms with Crippen molar-refractivity contribution in [1.29, 1.82) is 0 Å². The van der Waals surface area contributed by atoms with Crippen molar-refractivity contribution in [3.63, 3.8) is 0 Å². The molecule has 138 valence electrons. The fraction of sp³-hybridized carbons (Fsp3) is 0.625. The molecule has 1 aliphatic rings. The van der Waals surface area contributed by atoms with E-state index in [1.807, 2.05) is 24.7 Å². The van der Waals surface area contributed by atoms with Crippen LogP contribution in [0, 0.1) is 13.8 Å². The van der Waals surface area contributed by atoms with Crippen molar-refractivity contribution in [1.82, 2.24) is 30.4 Å². The van der Waals surface area contributed by atoms with Crippen molar-refractivity contribution in [2.24, 2.45) is 12.0 Å². The second-order valence-electron chi connectivity index (χ2n) is 6.23. The summed E-state index contributed by atoms with van der Waals surface area (Å²) in [4.78, 5) is 10.3. The minimum Gasteiger partial charge on any atom is -0.354 e. The van der Waals surface area contributed by atoms with Gasteiger partial charge < -0.3 is 15.2 Å². The van der Waals surface area contributed by atoms with Crippen molar-refractivity contribution in [3.05, 3.63) is 27.7 Å². The van der Waals surface area contributed by atoms with Crippen molar-refractivity contribution in [2.75, 3.05) is 0 Å². The lowest BCUT2D eigenvalue weighted by molar-refractivity contribution is 0.609. The SMILES string of the molecule is Cc1cnc(CNC(=NCc2nnc(C)n2C)NC2CCCC2)s1.I. The van der Waals surface area contributed by atoms with Crippen molar-refractivity contribution in [3.8, 4) is 0 Å². The van der Waals surface area contributed by atoms with Gasteiger partial charge in [-0.15, -0.1) is 45.5 Å². The van der Waals surface area contributed by atoms with Gasteiger partial charge in [0.15, 0.2) is 11.8 Å². The highest BCUT2D eigenvalue weighted by atomic mass is 127. The molecule has 25 heavy (non-hydrogen) atoms. The van der Waals surface area contributed by atoms with Gasteiger partial charge in [-0.2, -0.15) is 0 Å². The Morgan fingerprint density at radius 3 is 2.68 bits per heavy atom. The quantitative estimate of drug-likeness (QED) is 0.395. The zero-order valence-electron chi connectivity index (χ0n) is 14.9. The van der Waals surface area contributed by atoms with E-state index in [1.54, 1.807) is 11.3 Å². The molecule has 2 aromatic heterocycles. The minimum absolute atomic E-state index is 0. The van der Waals surface area contributed by atoms with E-state index >= 15 is 0 Å². The maximum Gasteiger partial charge on any atom is 0.192 e. The number of halogens is 1. The van der Waals surface area contributed by atoms with Crippen LogP contribution < -0.4 is 10.6 Å². The molecule has 0 radical (unpaired) electrons. The Morgan fingerprint density at radius 2 is 2.08 bits per heavy atom. The molecule has 1 saturated carbocycles. The summed E-state index contributed by atoms with van der Waals surface area (Å²) in [6, 6.07) is 0.510. The van der Waals surface area contributed by atoms with Gasteiger partial charge in [0.2, 0.25) is 0 Å². The van der Waals surface area contributed by atoms with E-state index < -0.39 is 0 Å². The normalized spacial score (nSPS) is 15.2. The molecule has 7 nitrogen and oxygen atoms in total. The second kappa shape index (κ2) is 9.46. The number of guanidine groups is 1. The molecule has 0 amide bonds. The number of thiazole rings is 1. The summed E-state index contributed by atoms with van der Waals surface area (Å²) in [7, 11) is 1.97. The Balaban J connectivity index is 0.00000225. The maximum absolute atomic E-state index is 4.70. The topological polar surface area (TPSA) is 80.0 Å². The van der Waals surface area contributed by atoms with Gasteiger partial charge in [0.05, 0.1) is 6.54 Å². The standard InChI is InChI=1S/C16H25N7S.HI/c1-11-8-17-15(24-11)10-19-16(20-13-6-4-5-7-13)18-9-14-22-21-12(2)23(14)3;/h8,13H,4-7,9-10H2,1-3H3,(H2,18,19,20);1H. The average Bonchev–Trinajstić information content (AvgIpc) is 3.28. The third-order valence-electron chi connectivity index (χ3n) is 4.33. The third kappa shape index (κ3) is 5.63. The molecule has 0 aliphatic heterocycles. The first-order valence-electron chi connectivity index (χ1n) is 8.43. The van der Waals surface area contributed by atoms with Crippen molar-refractivity contribution < 1.29 is 0 Å². The summed E-state index contributed by atoms with van der Waals surface area (Å²) in [6.45, 7) is 5.22. The van der Waals surface area contributed by atoms with E-state index in [0.717, 1.165) is 22.6 Å². The molecule has 0 saturated heterocycles. The van der Waals surface area contributed by atoms with Gasteiger partial charge in [-0.3, -0.25) is 0 Å². The summed E-state index contributed by atoms with van der Waals surface area (Å²) < 4.78 is 1.97. The number of hydrogen-bond donors (Lipinski definition) is 2. The molecular weight excluding hydrogens is 449 g/mol. The van der Waals surface area contributed by atoms with Crippen LogP contribution in [0.25, 0.3) is 0 Å². The maximum atomic E-state index is 4.70. The van der Waals surface area contributed by atoms with E-state index in [0.29, 0.717) is 19.1 Å². The molecule has 3 rings (SSSR count). The lowest BCUT2D eigenvalue weighted by Crippen LogP contribution is -2.42. The molecule has 2 heterocycles. The van der Waals surface area contributed by atoms with Crippen LogP contribution in [0.1, 0.15) is 47.2 Å². The van der Waals surface area contributed by atoms with Gasteiger partial charge in [0, 0.05) is 24.2 Å². The number of aryl methyl sites for hydroxylation is 2. The van der Waals surface area contributed by atoms with Gasteiger partial charge in [-0.05, 0) is 26.7 Å². The molecule has 0 unspecified atom stereocenters. The number of rotatable bonds is 5. The number of nitrogens with one attached hydrogen (secondary N) is 2. The average molecular weight is 475 g/mol. The highest BCUT2D eigenvalue weighted by Gasteiger charge is 2.16. The van der Waals surface area contributed by atoms with Gasteiger partial charge >= 0.3 is 0 Å². The van der Waals surface area contributed by atoms with Gasteiger partial charge in [0.25, 0.3) is 0 Å². The lowest BCUT2D eigenvalue weighted by Gasteiger charge is -2.16. The Hall–Kier alpha value is -1.23. The molecule has 2 N–H and O–H groups in total. The van der Waals surface area contributed by atoms with Crippen molar-refractivity contribution >= 4 is 41.3 Å². The first-order chi connectivity index (χ1) is 11.6. The molecule has 1 aliphatic carbocycles. The fourth-order valence-corrected chi connectivity index (χ4v) is 3.52. The lowest BCUT2D eigenvalue weighted by atomic mass is 10.2. The van der Waals surface area contributed by atoms with E-state index in [1.165, 1.54) is 30.6 Å². The monoisotopic (exact) mass is 475 g/mol. The van der Waals surface area contributed by atoms with Crippen molar-refractivity contribution in [2.45, 2.75) is 58.7 Å². The Morgan fingerprint density at radius 1 is 1.32 bits per heavy atom. The molecule has 9 heteroatoms. The van der Waals surface area contributed by atoms with Crippen LogP contribution in [-0.2, 0) is 20.1 Å². The Bertz CT molecular complexity index is 703. The molecule has 0 spiro atoms. The Labute approximate surface area is 169 Å². The Kier molecular flexibility index (Phi) is 7.60. The van der Waals surface area contributed by atoms with E-state index in [4.69, 9.17) is 4.99 Å². The van der Waals surface area contributed by atoms with Crippen LogP contribution in [0.5, 0.6) is 0 Å². The molecule has 1 fully saturated rings. The highest BCUT2D eigenvalue weighted by molar-refractivity contribution is 14.0. The number of hydrogen-bond acceptors (Lipinski definition) is 5. The van der Waals surface area contributed by atoms with E-state index in [9.17, 15) is 0 Å². The largest absolute Gasteiger partial charge is 0.354 e. The minimum atomic E-state index is 0. The zero-order valence-corrected chi connectivity index (χ0v) is 18.1. The third-order valence-corrected chi connectivity index (χ3v) is 5.25. The smallest absolute Gasteiger partial charge is 0.192 e. The predicted molar refractivity (Wildman–Crippen MR) is 111 cm³/mol. The van der Waals surface area contributed by atoms with Crippen LogP contribution in [0.15, 0.2) is 11.2 Å². The first kappa shape index (κ1) is 20.1. The van der Waals surface area contributed by atoms with Gasteiger partial charge in [-0.1, -0.05) is 12.8 Å². The zero-order chi connectivity index (χ0) is 16.9. The van der Waals surface area contributed by atoms with Gasteiger partial charge in [0.1, 0.15) is 17.4 Å². The number of nitrogens with zero attached hydrogens (tertiary/aromatic N) is 5. The predicted octanol–water partition coefficient (Wildman–Crippen LogP) is 2.68. The fourth-order valence-electron chi connectivity index (χ4n) is 2.80. The van der Waals surface area contributed by atoms with Crippen LogP contribution in [0.4, 0.5) is 0 Å². The molecule has 2 aromatic rings. The first-order valence-corrected chi connectivity index (χ1v) is 9.24. The summed E-state index contributed by atoms with van der Waals surface area (Å²) in [5, 5.41) is 16.3. The molecule has 0 atom stereocenters. The molecular formula is C16H26IN7S. The van der Waals surface area contributed by atoms with Crippen LogP contribution in [0.3, 0.4) is 0 Å². The molecule has 0 bridgehead atoms. The van der Waals surface area contributed by atoms with Crippen LogP contribution >= 0.6 is 35.3 Å². The number of aromatic nitrogens is 4. The van der Waals surface area contributed by atoms with Crippen LogP contribution in [0.2, 0.25) is 0 Å². The molecule has 0 aromatic carbocycles. The summed E-state index contributed by atoms with van der Waals surface area (Å²) in [6.07, 6.45) is 6.91. The summed E-state index contributed by atoms with van der Waals surface area (Å²) in [5.41, 5.74) is 0.